The lowest BCUT2D eigenvalue weighted by Gasteiger charge is -2.41. The van der Waals surface area contributed by atoms with E-state index in [1.54, 1.807) is 0 Å². The Morgan fingerprint density at radius 2 is 1.96 bits per heavy atom. The lowest BCUT2D eigenvalue weighted by molar-refractivity contribution is 0.0506. The van der Waals surface area contributed by atoms with Crippen molar-refractivity contribution in [3.63, 3.8) is 0 Å². The lowest BCUT2D eigenvalue weighted by Crippen LogP contribution is -2.39. The molecule has 0 saturated heterocycles. The summed E-state index contributed by atoms with van der Waals surface area (Å²) in [6, 6.07) is 0. The molecule has 2 unspecified atom stereocenters. The fourth-order valence-corrected chi connectivity index (χ4v) is 4.14. The molecule has 3 nitrogen and oxygen atoms in total. The fraction of sp³-hybridized carbons (Fsp3) is 0.700. The van der Waals surface area contributed by atoms with Gasteiger partial charge < -0.3 is 15.3 Å². The van der Waals surface area contributed by atoms with Crippen LogP contribution in [-0.4, -0.2) is 34.1 Å². The van der Waals surface area contributed by atoms with Crippen molar-refractivity contribution >= 4 is 0 Å². The van der Waals surface area contributed by atoms with Crippen molar-refractivity contribution in [3.05, 3.63) is 34.4 Å². The van der Waals surface area contributed by atoms with E-state index in [4.69, 9.17) is 0 Å². The Balaban J connectivity index is 2.27. The maximum atomic E-state index is 10.5. The first kappa shape index (κ1) is 18.4. The van der Waals surface area contributed by atoms with Gasteiger partial charge in [-0.15, -0.1) is 0 Å². The summed E-state index contributed by atoms with van der Waals surface area (Å²) in [4.78, 5) is 0. The molecule has 0 fully saturated rings. The monoisotopic (exact) mass is 320 g/mol. The summed E-state index contributed by atoms with van der Waals surface area (Å²) < 4.78 is 0. The van der Waals surface area contributed by atoms with Gasteiger partial charge in [0.15, 0.2) is 0 Å². The molecule has 5 atom stereocenters. The van der Waals surface area contributed by atoms with E-state index in [0.717, 1.165) is 36.8 Å². The zero-order chi connectivity index (χ0) is 17.1. The van der Waals surface area contributed by atoms with Crippen LogP contribution in [0.1, 0.15) is 53.4 Å². The molecule has 0 spiro atoms. The Labute approximate surface area is 140 Å². The summed E-state index contributed by atoms with van der Waals surface area (Å²) in [7, 11) is 0. The number of aliphatic hydroxyl groups excluding tert-OH is 3. The minimum Gasteiger partial charge on any atom is -0.396 e. The Morgan fingerprint density at radius 1 is 1.26 bits per heavy atom. The average molecular weight is 320 g/mol. The molecule has 3 heteroatoms. The summed E-state index contributed by atoms with van der Waals surface area (Å²) in [6.45, 7) is 8.39. The van der Waals surface area contributed by atoms with E-state index < -0.39 is 12.2 Å². The van der Waals surface area contributed by atoms with Gasteiger partial charge in [0.1, 0.15) is 12.2 Å². The highest BCUT2D eigenvalue weighted by atomic mass is 16.3. The second kappa shape index (κ2) is 7.78. The van der Waals surface area contributed by atoms with Crippen molar-refractivity contribution in [2.75, 3.05) is 6.61 Å². The minimum absolute atomic E-state index is 0.179. The first-order chi connectivity index (χ1) is 10.9. The zero-order valence-electron chi connectivity index (χ0n) is 14.9. The summed E-state index contributed by atoms with van der Waals surface area (Å²) in [5, 5.41) is 30.6. The van der Waals surface area contributed by atoms with Gasteiger partial charge >= 0.3 is 0 Å². The van der Waals surface area contributed by atoms with Crippen LogP contribution in [0.4, 0.5) is 0 Å². The van der Waals surface area contributed by atoms with Crippen molar-refractivity contribution in [2.24, 2.45) is 17.8 Å². The van der Waals surface area contributed by atoms with Gasteiger partial charge in [-0.1, -0.05) is 24.6 Å². The average Bonchev–Trinajstić information content (AvgIpc) is 2.50. The Bertz CT molecular complexity index is 511. The SMILES string of the molecule is CC(C)=CCC[C@H](CO)[C@@H]1CC[C@@H](C)C2=C1C=C(C)C(O)C2O. The van der Waals surface area contributed by atoms with Crippen LogP contribution >= 0.6 is 0 Å². The third kappa shape index (κ3) is 3.96. The van der Waals surface area contributed by atoms with E-state index >= 15 is 0 Å². The number of rotatable bonds is 5. The van der Waals surface area contributed by atoms with Crippen LogP contribution in [0.2, 0.25) is 0 Å². The van der Waals surface area contributed by atoms with E-state index in [1.165, 1.54) is 11.1 Å². The molecule has 0 aliphatic heterocycles. The molecule has 0 heterocycles. The number of allylic oxidation sites excluding steroid dienone is 4. The molecule has 2 aliphatic carbocycles. The van der Waals surface area contributed by atoms with Gasteiger partial charge in [0, 0.05) is 6.61 Å². The van der Waals surface area contributed by atoms with Crippen LogP contribution in [0, 0.1) is 17.8 Å². The standard InChI is InChI=1S/C20H32O3/c1-12(2)6-5-7-15(11-21)16-9-8-13(3)18-17(16)10-14(4)19(22)20(18)23/h6,10,13,15-16,19-23H,5,7-9,11H2,1-4H3/t13-,15-,16+,19?,20?/m1/s1. The highest BCUT2D eigenvalue weighted by Gasteiger charge is 2.38. The van der Waals surface area contributed by atoms with E-state index in [9.17, 15) is 15.3 Å². The topological polar surface area (TPSA) is 60.7 Å². The molecule has 0 aromatic carbocycles. The summed E-state index contributed by atoms with van der Waals surface area (Å²) in [5.74, 6) is 0.802. The second-order valence-electron chi connectivity index (χ2n) is 7.58. The molecular formula is C20H32O3. The van der Waals surface area contributed by atoms with Crippen LogP contribution in [0.3, 0.4) is 0 Å². The third-order valence-electron chi connectivity index (χ3n) is 5.54. The molecule has 3 N–H and O–H groups in total. The fourth-order valence-electron chi connectivity index (χ4n) is 4.14. The maximum absolute atomic E-state index is 10.5. The number of aliphatic hydroxyl groups is 3. The molecule has 2 rings (SSSR count). The first-order valence-electron chi connectivity index (χ1n) is 8.89. The smallest absolute Gasteiger partial charge is 0.106 e. The van der Waals surface area contributed by atoms with Crippen molar-refractivity contribution in [1.29, 1.82) is 0 Å². The lowest BCUT2D eigenvalue weighted by atomic mass is 9.66. The quantitative estimate of drug-likeness (QED) is 0.681. The van der Waals surface area contributed by atoms with Crippen LogP contribution in [0.15, 0.2) is 34.4 Å². The molecule has 0 aromatic heterocycles. The third-order valence-corrected chi connectivity index (χ3v) is 5.54. The van der Waals surface area contributed by atoms with Crippen molar-refractivity contribution in [2.45, 2.75) is 65.6 Å². The highest BCUT2D eigenvalue weighted by molar-refractivity contribution is 5.42. The van der Waals surface area contributed by atoms with Crippen LogP contribution in [-0.2, 0) is 0 Å². The second-order valence-corrected chi connectivity index (χ2v) is 7.58. The van der Waals surface area contributed by atoms with Gasteiger partial charge in [-0.25, -0.2) is 0 Å². The molecule has 0 amide bonds. The molecule has 130 valence electrons. The summed E-state index contributed by atoms with van der Waals surface area (Å²) in [6.07, 6.45) is 6.73. The van der Waals surface area contributed by atoms with Crippen molar-refractivity contribution < 1.29 is 15.3 Å². The molecule has 23 heavy (non-hydrogen) atoms. The van der Waals surface area contributed by atoms with Gasteiger partial charge in [0.25, 0.3) is 0 Å². The number of hydrogen-bond donors (Lipinski definition) is 3. The summed E-state index contributed by atoms with van der Waals surface area (Å²) >= 11 is 0. The molecule has 0 bridgehead atoms. The Kier molecular flexibility index (Phi) is 6.24. The van der Waals surface area contributed by atoms with Gasteiger partial charge in [-0.3, -0.25) is 0 Å². The van der Waals surface area contributed by atoms with Gasteiger partial charge in [-0.2, -0.15) is 0 Å². The van der Waals surface area contributed by atoms with E-state index in [2.05, 4.69) is 32.9 Å². The van der Waals surface area contributed by atoms with Crippen LogP contribution in [0.5, 0.6) is 0 Å². The van der Waals surface area contributed by atoms with E-state index in [-0.39, 0.29) is 18.4 Å². The molecule has 0 aromatic rings. The predicted octanol–water partition coefficient (Wildman–Crippen LogP) is 3.37. The van der Waals surface area contributed by atoms with Gasteiger partial charge in [0.2, 0.25) is 0 Å². The molecule has 2 aliphatic rings. The zero-order valence-corrected chi connectivity index (χ0v) is 14.9. The van der Waals surface area contributed by atoms with Crippen molar-refractivity contribution in [1.82, 2.24) is 0 Å². The molecular weight excluding hydrogens is 288 g/mol. The first-order valence-corrected chi connectivity index (χ1v) is 8.89. The number of hydrogen-bond acceptors (Lipinski definition) is 3. The van der Waals surface area contributed by atoms with E-state index in [1.807, 2.05) is 6.92 Å². The predicted molar refractivity (Wildman–Crippen MR) is 93.9 cm³/mol. The highest BCUT2D eigenvalue weighted by Crippen LogP contribution is 2.44. The Hall–Kier alpha value is -0.900. The largest absolute Gasteiger partial charge is 0.396 e. The van der Waals surface area contributed by atoms with Gasteiger partial charge in [-0.05, 0) is 80.9 Å². The van der Waals surface area contributed by atoms with Crippen LogP contribution < -0.4 is 0 Å². The van der Waals surface area contributed by atoms with Gasteiger partial charge in [0.05, 0.1) is 0 Å². The molecule has 0 saturated carbocycles. The normalized spacial score (nSPS) is 32.2. The van der Waals surface area contributed by atoms with Crippen molar-refractivity contribution in [3.8, 4) is 0 Å². The maximum Gasteiger partial charge on any atom is 0.106 e. The summed E-state index contributed by atoms with van der Waals surface area (Å²) in [5.41, 5.74) is 4.32. The Morgan fingerprint density at radius 3 is 2.57 bits per heavy atom. The van der Waals surface area contributed by atoms with E-state index in [0.29, 0.717) is 5.92 Å². The van der Waals surface area contributed by atoms with Crippen LogP contribution in [0.25, 0.3) is 0 Å². The molecule has 0 radical (unpaired) electrons. The minimum atomic E-state index is -0.787.